The third-order valence-electron chi connectivity index (χ3n) is 3.31. The second-order valence-corrected chi connectivity index (χ2v) is 6.43. The van der Waals surface area contributed by atoms with Gasteiger partial charge in [0.05, 0.1) is 27.9 Å². The van der Waals surface area contributed by atoms with Crippen LogP contribution in [0.4, 0.5) is 13.2 Å². The molecule has 1 heterocycles. The number of nitrogens with zero attached hydrogens (tertiary/aromatic N) is 2. The maximum absolute atomic E-state index is 12.6. The summed E-state index contributed by atoms with van der Waals surface area (Å²) in [6.45, 7) is 0. The van der Waals surface area contributed by atoms with E-state index in [0.29, 0.717) is 16.6 Å². The molecule has 0 spiro atoms. The summed E-state index contributed by atoms with van der Waals surface area (Å²) in [7, 11) is -3.83. The average molecular weight is 341 g/mol. The minimum atomic E-state index is -4.41. The first-order valence-corrected chi connectivity index (χ1v) is 7.89. The highest BCUT2D eigenvalue weighted by atomic mass is 32.2. The van der Waals surface area contributed by atoms with Gasteiger partial charge in [-0.15, -0.1) is 0 Å². The van der Waals surface area contributed by atoms with E-state index >= 15 is 0 Å². The average Bonchev–Trinajstić information content (AvgIpc) is 2.88. The van der Waals surface area contributed by atoms with Gasteiger partial charge in [-0.1, -0.05) is 0 Å². The molecule has 120 valence electrons. The molecule has 0 aliphatic heterocycles. The number of primary sulfonamides is 1. The smallest absolute Gasteiger partial charge is 0.233 e. The number of benzene rings is 2. The monoisotopic (exact) mass is 341 g/mol. The predicted molar refractivity (Wildman–Crippen MR) is 77.4 cm³/mol. The predicted octanol–water partition coefficient (Wildman–Crippen LogP) is 2.69. The van der Waals surface area contributed by atoms with Crippen molar-refractivity contribution < 1.29 is 21.6 Å². The Labute approximate surface area is 129 Å². The summed E-state index contributed by atoms with van der Waals surface area (Å²) < 4.78 is 61.8. The van der Waals surface area contributed by atoms with Gasteiger partial charge < -0.3 is 0 Å². The number of rotatable bonds is 2. The largest absolute Gasteiger partial charge is 0.416 e. The quantitative estimate of drug-likeness (QED) is 0.778. The van der Waals surface area contributed by atoms with E-state index in [0.717, 1.165) is 12.1 Å². The van der Waals surface area contributed by atoms with Crippen molar-refractivity contribution in [1.82, 2.24) is 9.78 Å². The summed E-state index contributed by atoms with van der Waals surface area (Å²) in [5.41, 5.74) is 0.225. The molecule has 23 heavy (non-hydrogen) atoms. The molecular formula is C14H10F3N3O2S. The van der Waals surface area contributed by atoms with E-state index in [2.05, 4.69) is 5.10 Å². The summed E-state index contributed by atoms with van der Waals surface area (Å²) in [4.78, 5) is -0.0584. The van der Waals surface area contributed by atoms with Crippen LogP contribution in [0.25, 0.3) is 16.6 Å². The molecule has 0 bridgehead atoms. The van der Waals surface area contributed by atoms with Crippen LogP contribution in [0, 0.1) is 0 Å². The Morgan fingerprint density at radius 1 is 1.04 bits per heavy atom. The lowest BCUT2D eigenvalue weighted by Gasteiger charge is -2.08. The van der Waals surface area contributed by atoms with Gasteiger partial charge in [0.15, 0.2) is 0 Å². The highest BCUT2D eigenvalue weighted by Crippen LogP contribution is 2.30. The van der Waals surface area contributed by atoms with Crippen molar-refractivity contribution in [3.63, 3.8) is 0 Å². The number of nitrogens with two attached hydrogens (primary N) is 1. The van der Waals surface area contributed by atoms with Crippen LogP contribution < -0.4 is 5.14 Å². The van der Waals surface area contributed by atoms with Gasteiger partial charge in [-0.05, 0) is 42.5 Å². The SMILES string of the molecule is NS(=O)(=O)c1ccc2c(cnn2-c2ccc(C(F)(F)F)cc2)c1. The Hall–Kier alpha value is -2.39. The van der Waals surface area contributed by atoms with Crippen molar-refractivity contribution in [2.75, 3.05) is 0 Å². The third-order valence-corrected chi connectivity index (χ3v) is 4.22. The zero-order valence-corrected chi connectivity index (χ0v) is 12.3. The number of fused-ring (bicyclic) bond motifs is 1. The van der Waals surface area contributed by atoms with E-state index in [-0.39, 0.29) is 4.90 Å². The fraction of sp³-hybridized carbons (Fsp3) is 0.0714. The molecular weight excluding hydrogens is 331 g/mol. The van der Waals surface area contributed by atoms with Gasteiger partial charge in [-0.25, -0.2) is 18.2 Å². The van der Waals surface area contributed by atoms with Crippen LogP contribution >= 0.6 is 0 Å². The summed E-state index contributed by atoms with van der Waals surface area (Å²) in [6.07, 6.45) is -2.99. The number of aromatic nitrogens is 2. The molecule has 0 atom stereocenters. The van der Waals surface area contributed by atoms with Crippen LogP contribution in [0.5, 0.6) is 0 Å². The van der Waals surface area contributed by atoms with Crippen molar-refractivity contribution in [2.24, 2.45) is 5.14 Å². The Morgan fingerprint density at radius 2 is 1.70 bits per heavy atom. The molecule has 0 saturated heterocycles. The molecule has 3 aromatic rings. The third kappa shape index (κ3) is 2.92. The fourth-order valence-corrected chi connectivity index (χ4v) is 2.73. The van der Waals surface area contributed by atoms with E-state index in [1.165, 1.54) is 41.2 Å². The summed E-state index contributed by atoms with van der Waals surface area (Å²) in [6, 6.07) is 8.69. The highest BCUT2D eigenvalue weighted by Gasteiger charge is 2.30. The van der Waals surface area contributed by atoms with E-state index in [4.69, 9.17) is 5.14 Å². The van der Waals surface area contributed by atoms with Crippen LogP contribution in [0.2, 0.25) is 0 Å². The Balaban J connectivity index is 2.07. The van der Waals surface area contributed by atoms with Crippen molar-refractivity contribution in [2.45, 2.75) is 11.1 Å². The van der Waals surface area contributed by atoms with E-state index in [1.807, 2.05) is 0 Å². The van der Waals surface area contributed by atoms with E-state index in [9.17, 15) is 21.6 Å². The Morgan fingerprint density at radius 3 is 2.26 bits per heavy atom. The van der Waals surface area contributed by atoms with Gasteiger partial charge >= 0.3 is 6.18 Å². The molecule has 5 nitrogen and oxygen atoms in total. The van der Waals surface area contributed by atoms with Gasteiger partial charge in [0.25, 0.3) is 0 Å². The molecule has 0 fully saturated rings. The van der Waals surface area contributed by atoms with Crippen LogP contribution in [0.3, 0.4) is 0 Å². The minimum absolute atomic E-state index is 0.0584. The first kappa shape index (κ1) is 15.5. The maximum Gasteiger partial charge on any atom is 0.416 e. The molecule has 0 saturated carbocycles. The molecule has 2 aromatic carbocycles. The molecule has 0 unspecified atom stereocenters. The van der Waals surface area contributed by atoms with Crippen LogP contribution in [-0.2, 0) is 16.2 Å². The lowest BCUT2D eigenvalue weighted by molar-refractivity contribution is -0.137. The fourth-order valence-electron chi connectivity index (χ4n) is 2.19. The maximum atomic E-state index is 12.6. The first-order chi connectivity index (χ1) is 10.7. The Kier molecular flexibility index (Phi) is 3.42. The van der Waals surface area contributed by atoms with Crippen molar-refractivity contribution in [3.05, 3.63) is 54.2 Å². The molecule has 0 aliphatic rings. The number of alkyl halides is 3. The molecule has 0 aliphatic carbocycles. The second kappa shape index (κ2) is 5.07. The van der Waals surface area contributed by atoms with Crippen LogP contribution in [0.1, 0.15) is 5.56 Å². The normalized spacial score (nSPS) is 12.7. The van der Waals surface area contributed by atoms with E-state index in [1.54, 1.807) is 0 Å². The number of sulfonamides is 1. The van der Waals surface area contributed by atoms with Gasteiger partial charge in [-0.2, -0.15) is 18.3 Å². The highest BCUT2D eigenvalue weighted by molar-refractivity contribution is 7.89. The molecule has 0 radical (unpaired) electrons. The van der Waals surface area contributed by atoms with Crippen molar-refractivity contribution in [3.8, 4) is 5.69 Å². The molecule has 0 amide bonds. The molecule has 3 rings (SSSR count). The van der Waals surface area contributed by atoms with E-state index < -0.39 is 21.8 Å². The van der Waals surface area contributed by atoms with Gasteiger partial charge in [0.2, 0.25) is 10.0 Å². The van der Waals surface area contributed by atoms with Gasteiger partial charge in [0, 0.05) is 5.39 Å². The molecule has 9 heteroatoms. The first-order valence-electron chi connectivity index (χ1n) is 6.34. The summed E-state index contributed by atoms with van der Waals surface area (Å²) >= 11 is 0. The van der Waals surface area contributed by atoms with Crippen molar-refractivity contribution >= 4 is 20.9 Å². The zero-order chi connectivity index (χ0) is 16.8. The van der Waals surface area contributed by atoms with Gasteiger partial charge in [0.1, 0.15) is 0 Å². The minimum Gasteiger partial charge on any atom is -0.233 e. The zero-order valence-electron chi connectivity index (χ0n) is 11.4. The second-order valence-electron chi connectivity index (χ2n) is 4.87. The summed E-state index contributed by atoms with van der Waals surface area (Å²) in [5, 5.41) is 9.65. The number of halogens is 3. The number of hydrogen-bond donors (Lipinski definition) is 1. The molecule has 2 N–H and O–H groups in total. The standard InChI is InChI=1S/C14H10F3N3O2S/c15-14(16,17)10-1-3-11(4-2-10)20-13-6-5-12(23(18,21)22)7-9(13)8-19-20/h1-8H,(H2,18,21,22). The lowest BCUT2D eigenvalue weighted by atomic mass is 10.2. The van der Waals surface area contributed by atoms with Crippen molar-refractivity contribution in [1.29, 1.82) is 0 Å². The lowest BCUT2D eigenvalue weighted by Crippen LogP contribution is -2.11. The summed E-state index contributed by atoms with van der Waals surface area (Å²) in [5.74, 6) is 0. The van der Waals surface area contributed by atoms with Crippen LogP contribution in [-0.4, -0.2) is 18.2 Å². The topological polar surface area (TPSA) is 78.0 Å². The Bertz CT molecular complexity index is 977. The van der Waals surface area contributed by atoms with Crippen LogP contribution in [0.15, 0.2) is 53.6 Å². The number of hydrogen-bond acceptors (Lipinski definition) is 3. The molecule has 1 aromatic heterocycles. The van der Waals surface area contributed by atoms with Gasteiger partial charge in [-0.3, -0.25) is 0 Å².